The van der Waals surface area contributed by atoms with Gasteiger partial charge in [0.2, 0.25) is 10.0 Å². The van der Waals surface area contributed by atoms with E-state index in [1.54, 1.807) is 0 Å². The van der Waals surface area contributed by atoms with E-state index in [1.807, 2.05) is 18.2 Å². The molecule has 1 aliphatic heterocycles. The van der Waals surface area contributed by atoms with Gasteiger partial charge in [-0.25, -0.2) is 8.42 Å². The summed E-state index contributed by atoms with van der Waals surface area (Å²) >= 11 is 0. The zero-order valence-electron chi connectivity index (χ0n) is 12.0. The molecular weight excluding hydrogens is 286 g/mol. The van der Waals surface area contributed by atoms with Crippen molar-refractivity contribution in [2.75, 3.05) is 26.0 Å². The lowest BCUT2D eigenvalue weighted by Crippen LogP contribution is -2.45. The number of hydrogen-bond donors (Lipinski definition) is 0. The molecule has 0 saturated carbocycles. The third-order valence-electron chi connectivity index (χ3n) is 3.90. The van der Waals surface area contributed by atoms with Crippen LogP contribution < -0.4 is 0 Å². The van der Waals surface area contributed by atoms with Crippen LogP contribution in [0.4, 0.5) is 0 Å². The van der Waals surface area contributed by atoms with Crippen LogP contribution in [0.3, 0.4) is 0 Å². The Bertz CT molecular complexity index is 737. The predicted octanol–water partition coefficient (Wildman–Crippen LogP) is 2.04. The summed E-state index contributed by atoms with van der Waals surface area (Å²) in [5.74, 6) is 0. The van der Waals surface area contributed by atoms with Crippen molar-refractivity contribution in [2.24, 2.45) is 0 Å². The minimum Gasteiger partial charge on any atom is -0.375 e. The van der Waals surface area contributed by atoms with Crippen molar-refractivity contribution >= 4 is 20.8 Å². The summed E-state index contributed by atoms with van der Waals surface area (Å²) in [5, 5.41) is 2.41. The van der Waals surface area contributed by atoms with Crippen LogP contribution in [-0.2, 0) is 21.2 Å². The number of sulfonamides is 1. The van der Waals surface area contributed by atoms with Crippen LogP contribution in [0.15, 0.2) is 42.5 Å². The molecule has 4 nitrogen and oxygen atoms in total. The quantitative estimate of drug-likeness (QED) is 0.872. The highest BCUT2D eigenvalue weighted by atomic mass is 32.2. The first-order valence-electron chi connectivity index (χ1n) is 7.07. The van der Waals surface area contributed by atoms with Crippen LogP contribution in [0.25, 0.3) is 10.8 Å². The molecule has 0 spiro atoms. The average Bonchev–Trinajstić information content (AvgIpc) is 2.47. The Labute approximate surface area is 125 Å². The van der Waals surface area contributed by atoms with Gasteiger partial charge in [0.05, 0.1) is 19.0 Å². The largest absolute Gasteiger partial charge is 0.375 e. The molecule has 0 unspecified atom stereocenters. The molecule has 0 aliphatic carbocycles. The first kappa shape index (κ1) is 14.5. The maximum atomic E-state index is 11.7. The Morgan fingerprint density at radius 3 is 2.76 bits per heavy atom. The molecule has 1 atom stereocenters. The minimum absolute atomic E-state index is 0.0840. The first-order valence-corrected chi connectivity index (χ1v) is 8.92. The standard InChI is InChI=1S/C16H19NO3S/c1-21(18,19)17-9-10-20-15(12-17)11-14-7-4-6-13-5-2-3-8-16(13)14/h2-8,15H,9-12H2,1H3/t15-/m1/s1. The van der Waals surface area contributed by atoms with Crippen molar-refractivity contribution in [3.8, 4) is 0 Å². The number of fused-ring (bicyclic) bond motifs is 1. The Balaban J connectivity index is 1.82. The maximum Gasteiger partial charge on any atom is 0.211 e. The van der Waals surface area contributed by atoms with Crippen LogP contribution >= 0.6 is 0 Å². The van der Waals surface area contributed by atoms with E-state index >= 15 is 0 Å². The molecule has 0 bridgehead atoms. The van der Waals surface area contributed by atoms with Gasteiger partial charge in [-0.1, -0.05) is 42.5 Å². The second-order valence-corrected chi connectivity index (χ2v) is 7.44. The van der Waals surface area contributed by atoms with Crippen LogP contribution in [0.2, 0.25) is 0 Å². The summed E-state index contributed by atoms with van der Waals surface area (Å²) in [6.45, 7) is 1.34. The number of rotatable bonds is 3. The highest BCUT2D eigenvalue weighted by molar-refractivity contribution is 7.88. The van der Waals surface area contributed by atoms with Gasteiger partial charge in [-0.05, 0) is 16.3 Å². The van der Waals surface area contributed by atoms with E-state index in [2.05, 4.69) is 24.3 Å². The lowest BCUT2D eigenvalue weighted by molar-refractivity contribution is -0.000118. The van der Waals surface area contributed by atoms with Gasteiger partial charge in [0, 0.05) is 19.5 Å². The third kappa shape index (κ3) is 3.26. The van der Waals surface area contributed by atoms with Crippen molar-refractivity contribution in [2.45, 2.75) is 12.5 Å². The Hall–Kier alpha value is -1.43. The minimum atomic E-state index is -3.14. The molecule has 0 amide bonds. The fourth-order valence-corrected chi connectivity index (χ4v) is 3.68. The van der Waals surface area contributed by atoms with E-state index in [1.165, 1.54) is 26.9 Å². The molecule has 2 aromatic carbocycles. The summed E-state index contributed by atoms with van der Waals surface area (Å²) in [6, 6.07) is 14.4. The van der Waals surface area contributed by atoms with Crippen LogP contribution in [0.5, 0.6) is 0 Å². The van der Waals surface area contributed by atoms with Gasteiger partial charge in [0.15, 0.2) is 0 Å². The summed E-state index contributed by atoms with van der Waals surface area (Å²) in [7, 11) is -3.14. The van der Waals surface area contributed by atoms with E-state index in [-0.39, 0.29) is 6.10 Å². The van der Waals surface area contributed by atoms with Crippen LogP contribution in [0.1, 0.15) is 5.56 Å². The Kier molecular flexibility index (Phi) is 3.97. The van der Waals surface area contributed by atoms with Gasteiger partial charge in [0.1, 0.15) is 0 Å². The fourth-order valence-electron chi connectivity index (χ4n) is 2.83. The van der Waals surface area contributed by atoms with E-state index in [9.17, 15) is 8.42 Å². The smallest absolute Gasteiger partial charge is 0.211 e. The lowest BCUT2D eigenvalue weighted by atomic mass is 9.99. The highest BCUT2D eigenvalue weighted by Gasteiger charge is 2.26. The Morgan fingerprint density at radius 1 is 1.19 bits per heavy atom. The predicted molar refractivity (Wildman–Crippen MR) is 83.8 cm³/mol. The second kappa shape index (κ2) is 5.75. The van der Waals surface area contributed by atoms with E-state index in [4.69, 9.17) is 4.74 Å². The number of ether oxygens (including phenoxy) is 1. The van der Waals surface area contributed by atoms with Crippen molar-refractivity contribution < 1.29 is 13.2 Å². The normalized spacial score (nSPS) is 20.7. The molecule has 0 aromatic heterocycles. The summed E-state index contributed by atoms with van der Waals surface area (Å²) in [4.78, 5) is 0. The van der Waals surface area contributed by atoms with Gasteiger partial charge in [-0.15, -0.1) is 0 Å². The molecule has 1 saturated heterocycles. The molecular formula is C16H19NO3S. The molecule has 21 heavy (non-hydrogen) atoms. The zero-order chi connectivity index (χ0) is 14.9. The van der Waals surface area contributed by atoms with E-state index in [0.29, 0.717) is 19.7 Å². The molecule has 3 rings (SSSR count). The number of hydrogen-bond acceptors (Lipinski definition) is 3. The molecule has 1 aliphatic rings. The zero-order valence-corrected chi connectivity index (χ0v) is 12.8. The topological polar surface area (TPSA) is 46.6 Å². The van der Waals surface area contributed by atoms with Gasteiger partial charge in [-0.2, -0.15) is 4.31 Å². The monoisotopic (exact) mass is 305 g/mol. The van der Waals surface area contributed by atoms with Crippen molar-refractivity contribution in [3.05, 3.63) is 48.0 Å². The summed E-state index contributed by atoms with van der Waals surface area (Å²) in [5.41, 5.74) is 1.20. The molecule has 1 fully saturated rings. The fraction of sp³-hybridized carbons (Fsp3) is 0.375. The summed E-state index contributed by atoms with van der Waals surface area (Å²) in [6.07, 6.45) is 1.90. The number of nitrogens with zero attached hydrogens (tertiary/aromatic N) is 1. The molecule has 1 heterocycles. The van der Waals surface area contributed by atoms with Crippen molar-refractivity contribution in [1.29, 1.82) is 0 Å². The van der Waals surface area contributed by atoms with E-state index < -0.39 is 10.0 Å². The average molecular weight is 305 g/mol. The van der Waals surface area contributed by atoms with Gasteiger partial charge >= 0.3 is 0 Å². The molecule has 112 valence electrons. The van der Waals surface area contributed by atoms with Crippen molar-refractivity contribution in [1.82, 2.24) is 4.31 Å². The maximum absolute atomic E-state index is 11.7. The number of morpholine rings is 1. The molecule has 5 heteroatoms. The highest BCUT2D eigenvalue weighted by Crippen LogP contribution is 2.22. The summed E-state index contributed by atoms with van der Waals surface area (Å²) < 4.78 is 30.6. The van der Waals surface area contributed by atoms with Gasteiger partial charge < -0.3 is 4.74 Å². The molecule has 2 aromatic rings. The van der Waals surface area contributed by atoms with Gasteiger partial charge in [0.25, 0.3) is 0 Å². The molecule has 0 N–H and O–H groups in total. The van der Waals surface area contributed by atoms with E-state index in [0.717, 1.165) is 6.42 Å². The molecule has 0 radical (unpaired) electrons. The Morgan fingerprint density at radius 2 is 1.95 bits per heavy atom. The van der Waals surface area contributed by atoms with Crippen LogP contribution in [-0.4, -0.2) is 44.8 Å². The SMILES string of the molecule is CS(=O)(=O)N1CCO[C@H](Cc2cccc3ccccc23)C1. The number of benzene rings is 2. The van der Waals surface area contributed by atoms with Crippen molar-refractivity contribution in [3.63, 3.8) is 0 Å². The first-order chi connectivity index (χ1) is 10.0. The lowest BCUT2D eigenvalue weighted by Gasteiger charge is -2.31. The second-order valence-electron chi connectivity index (χ2n) is 5.46. The van der Waals surface area contributed by atoms with Gasteiger partial charge in [-0.3, -0.25) is 0 Å². The third-order valence-corrected chi connectivity index (χ3v) is 5.17. The van der Waals surface area contributed by atoms with Crippen LogP contribution in [0, 0.1) is 0 Å².